The van der Waals surface area contributed by atoms with Crippen LogP contribution in [-0.2, 0) is 0 Å². The van der Waals surface area contributed by atoms with E-state index in [4.69, 9.17) is 11.6 Å². The van der Waals surface area contributed by atoms with Gasteiger partial charge >= 0.3 is 0 Å². The quantitative estimate of drug-likeness (QED) is 0.437. The lowest BCUT2D eigenvalue weighted by Gasteiger charge is -2.10. The number of rotatable bonds is 4. The summed E-state index contributed by atoms with van der Waals surface area (Å²) < 4.78 is 3.45. The monoisotopic (exact) mass is 434 g/mol. The van der Waals surface area contributed by atoms with Crippen molar-refractivity contribution in [1.82, 2.24) is 24.5 Å². The Hall–Kier alpha value is -3.49. The van der Waals surface area contributed by atoms with Gasteiger partial charge in [-0.15, -0.1) is 11.3 Å². The molecule has 0 aliphatic rings. The third-order valence-electron chi connectivity index (χ3n) is 4.64. The maximum atomic E-state index is 13.1. The first-order chi connectivity index (χ1) is 14.6. The molecule has 0 atom stereocenters. The van der Waals surface area contributed by atoms with Crippen molar-refractivity contribution in [3.05, 3.63) is 82.8 Å². The van der Waals surface area contributed by atoms with Crippen molar-refractivity contribution in [2.45, 2.75) is 6.92 Å². The number of halogens is 1. The number of benzene rings is 2. The minimum atomic E-state index is -0.223. The fraction of sp³-hybridized carbons (Fsp3) is 0.0476. The van der Waals surface area contributed by atoms with Gasteiger partial charge in [0.25, 0.3) is 5.91 Å². The lowest BCUT2D eigenvalue weighted by atomic mass is 10.2. The number of para-hydroxylation sites is 1. The number of hydrogen-bond acceptors (Lipinski definition) is 5. The Balaban J connectivity index is 1.52. The number of fused-ring (bicyclic) bond motifs is 1. The van der Waals surface area contributed by atoms with Gasteiger partial charge in [-0.25, -0.2) is 14.3 Å². The van der Waals surface area contributed by atoms with E-state index in [0.717, 1.165) is 21.6 Å². The zero-order valence-electron chi connectivity index (χ0n) is 15.8. The van der Waals surface area contributed by atoms with Gasteiger partial charge in [0.2, 0.25) is 0 Å². The summed E-state index contributed by atoms with van der Waals surface area (Å²) in [5, 5.41) is 13.2. The number of hydrogen-bond donors (Lipinski definition) is 1. The molecule has 0 spiro atoms. The molecule has 0 unspecified atom stereocenters. The first-order valence-electron chi connectivity index (χ1n) is 9.10. The molecule has 0 aliphatic carbocycles. The van der Waals surface area contributed by atoms with E-state index < -0.39 is 0 Å². The molecule has 7 nitrogen and oxygen atoms in total. The van der Waals surface area contributed by atoms with Gasteiger partial charge in [-0.3, -0.25) is 4.79 Å². The van der Waals surface area contributed by atoms with E-state index in [9.17, 15) is 4.79 Å². The minimum Gasteiger partial charge on any atom is -0.319 e. The molecule has 0 saturated heterocycles. The summed E-state index contributed by atoms with van der Waals surface area (Å²) in [5.41, 5.74) is 3.05. The number of nitrogens with one attached hydrogen (secondary N) is 1. The summed E-state index contributed by atoms with van der Waals surface area (Å²) in [6.45, 7) is 1.94. The highest BCUT2D eigenvalue weighted by molar-refractivity contribution is 7.20. The normalized spacial score (nSPS) is 11.1. The highest BCUT2D eigenvalue weighted by atomic mass is 35.5. The molecular formula is C21H15ClN6OS. The molecule has 0 saturated carbocycles. The molecule has 2 aromatic carbocycles. The van der Waals surface area contributed by atoms with E-state index in [2.05, 4.69) is 20.5 Å². The summed E-state index contributed by atoms with van der Waals surface area (Å²) in [6.07, 6.45) is 3.00. The summed E-state index contributed by atoms with van der Waals surface area (Å²) in [6, 6.07) is 17.0. The van der Waals surface area contributed by atoms with Crippen molar-refractivity contribution in [2.75, 3.05) is 5.32 Å². The molecule has 3 aromatic heterocycles. The van der Waals surface area contributed by atoms with Crippen LogP contribution in [0, 0.1) is 6.92 Å². The summed E-state index contributed by atoms with van der Waals surface area (Å²) in [7, 11) is 0. The van der Waals surface area contributed by atoms with Crippen LogP contribution in [0.25, 0.3) is 21.6 Å². The lowest BCUT2D eigenvalue weighted by Crippen LogP contribution is -2.12. The highest BCUT2D eigenvalue weighted by Crippen LogP contribution is 2.32. The van der Waals surface area contributed by atoms with Crippen LogP contribution >= 0.6 is 22.9 Å². The van der Waals surface area contributed by atoms with Crippen molar-refractivity contribution in [3.63, 3.8) is 0 Å². The van der Waals surface area contributed by atoms with Crippen LogP contribution < -0.4 is 5.32 Å². The predicted molar refractivity (Wildman–Crippen MR) is 118 cm³/mol. The van der Waals surface area contributed by atoms with Gasteiger partial charge in [0.15, 0.2) is 0 Å². The number of nitrogens with zero attached hydrogens (tertiary/aromatic N) is 5. The zero-order chi connectivity index (χ0) is 20.7. The Bertz CT molecular complexity index is 1360. The maximum absolute atomic E-state index is 13.1. The van der Waals surface area contributed by atoms with Crippen LogP contribution in [-0.4, -0.2) is 30.5 Å². The van der Waals surface area contributed by atoms with E-state index in [1.165, 1.54) is 17.7 Å². The molecule has 0 aliphatic heterocycles. The van der Waals surface area contributed by atoms with Crippen molar-refractivity contribution in [2.24, 2.45) is 0 Å². The molecule has 5 aromatic rings. The van der Waals surface area contributed by atoms with Crippen molar-refractivity contribution in [1.29, 1.82) is 0 Å². The van der Waals surface area contributed by atoms with Crippen molar-refractivity contribution < 1.29 is 4.79 Å². The first kappa shape index (κ1) is 18.5. The number of carbonyl (C=O) groups excluding carboxylic acids is 1. The Morgan fingerprint density at radius 3 is 2.73 bits per heavy atom. The second kappa shape index (κ2) is 7.40. The summed E-state index contributed by atoms with van der Waals surface area (Å²) in [4.78, 5) is 18.5. The first-order valence-corrected chi connectivity index (χ1v) is 10.3. The molecule has 3 heterocycles. The second-order valence-electron chi connectivity index (χ2n) is 6.62. The molecular weight excluding hydrogens is 420 g/mol. The molecule has 0 radical (unpaired) electrons. The summed E-state index contributed by atoms with van der Waals surface area (Å²) in [5.74, 6) is -0.223. The van der Waals surface area contributed by atoms with Crippen LogP contribution in [0.1, 0.15) is 15.4 Å². The minimum absolute atomic E-state index is 0.223. The van der Waals surface area contributed by atoms with Crippen LogP contribution in [0.4, 0.5) is 5.69 Å². The lowest BCUT2D eigenvalue weighted by molar-refractivity contribution is 0.103. The van der Waals surface area contributed by atoms with Gasteiger partial charge in [-0.1, -0.05) is 29.8 Å². The van der Waals surface area contributed by atoms with Crippen LogP contribution in [0.3, 0.4) is 0 Å². The number of aromatic nitrogens is 5. The number of amides is 1. The Morgan fingerprint density at radius 2 is 1.97 bits per heavy atom. The second-order valence-corrected chi connectivity index (χ2v) is 8.08. The molecule has 0 fully saturated rings. The van der Waals surface area contributed by atoms with Crippen molar-refractivity contribution in [3.8, 4) is 11.4 Å². The highest BCUT2D eigenvalue weighted by Gasteiger charge is 2.18. The standard InChI is InChI=1S/C21H15ClN6OS/c1-13-16-10-19(30-21(16)28(26-13)15-5-3-2-4-6-15)20(29)25-17-9-14(22)7-8-18(17)27-12-23-11-24-27/h2-12H,1H3,(H,25,29). The van der Waals surface area contributed by atoms with Gasteiger partial charge < -0.3 is 5.32 Å². The number of thiophene rings is 1. The van der Waals surface area contributed by atoms with E-state index in [1.807, 2.05) is 48.0 Å². The molecule has 9 heteroatoms. The smallest absolute Gasteiger partial charge is 0.265 e. The van der Waals surface area contributed by atoms with Crippen molar-refractivity contribution >= 4 is 44.7 Å². The van der Waals surface area contributed by atoms with E-state index in [0.29, 0.717) is 21.3 Å². The predicted octanol–water partition coefficient (Wildman–Crippen LogP) is 4.88. The Labute approximate surface area is 180 Å². The number of carbonyl (C=O) groups is 1. The molecule has 5 rings (SSSR count). The Kier molecular flexibility index (Phi) is 4.57. The SMILES string of the molecule is Cc1nn(-c2ccccc2)c2sc(C(=O)Nc3cc(Cl)ccc3-n3cncn3)cc12. The molecule has 1 N–H and O–H groups in total. The maximum Gasteiger partial charge on any atom is 0.265 e. The third-order valence-corrected chi connectivity index (χ3v) is 5.99. The van der Waals surface area contributed by atoms with Gasteiger partial charge in [-0.2, -0.15) is 10.2 Å². The average molecular weight is 435 g/mol. The van der Waals surface area contributed by atoms with Crippen LogP contribution in [0.2, 0.25) is 5.02 Å². The summed E-state index contributed by atoms with van der Waals surface area (Å²) >= 11 is 7.55. The van der Waals surface area contributed by atoms with Crippen LogP contribution in [0.5, 0.6) is 0 Å². The van der Waals surface area contributed by atoms with Gasteiger partial charge in [0.05, 0.1) is 27.6 Å². The average Bonchev–Trinajstić information content (AvgIpc) is 3.47. The van der Waals surface area contributed by atoms with E-state index in [1.54, 1.807) is 29.2 Å². The fourth-order valence-electron chi connectivity index (χ4n) is 3.23. The van der Waals surface area contributed by atoms with E-state index in [-0.39, 0.29) is 5.91 Å². The topological polar surface area (TPSA) is 77.6 Å². The van der Waals surface area contributed by atoms with E-state index >= 15 is 0 Å². The Morgan fingerprint density at radius 1 is 1.13 bits per heavy atom. The molecule has 30 heavy (non-hydrogen) atoms. The zero-order valence-corrected chi connectivity index (χ0v) is 17.4. The molecule has 148 valence electrons. The number of anilines is 1. The van der Waals surface area contributed by atoms with Gasteiger partial charge in [0, 0.05) is 10.4 Å². The fourth-order valence-corrected chi connectivity index (χ4v) is 4.48. The number of aryl methyl sites for hydroxylation is 1. The third kappa shape index (κ3) is 3.26. The van der Waals surface area contributed by atoms with Crippen LogP contribution in [0.15, 0.2) is 67.3 Å². The van der Waals surface area contributed by atoms with Gasteiger partial charge in [-0.05, 0) is 43.3 Å². The molecule has 0 bridgehead atoms. The molecule has 1 amide bonds. The largest absolute Gasteiger partial charge is 0.319 e. The van der Waals surface area contributed by atoms with Gasteiger partial charge in [0.1, 0.15) is 17.5 Å².